The fraction of sp³-hybridized carbons (Fsp3) is 0.615. The van der Waals surface area contributed by atoms with Crippen molar-refractivity contribution >= 4 is 0 Å². The Hall–Kier alpha value is -1.17. The van der Waals surface area contributed by atoms with Crippen molar-refractivity contribution in [3.63, 3.8) is 0 Å². The smallest absolute Gasteiger partial charge is 0.132 e. The lowest BCUT2D eigenvalue weighted by Gasteiger charge is -2.21. The lowest BCUT2D eigenvalue weighted by molar-refractivity contribution is 0.0190. The van der Waals surface area contributed by atoms with Gasteiger partial charge >= 0.3 is 0 Å². The van der Waals surface area contributed by atoms with E-state index >= 15 is 0 Å². The van der Waals surface area contributed by atoms with Crippen molar-refractivity contribution in [2.45, 2.75) is 18.9 Å². The topological polar surface area (TPSA) is 60.8 Å². The first-order valence-electron chi connectivity index (χ1n) is 6.05. The summed E-state index contributed by atoms with van der Waals surface area (Å²) in [5, 5.41) is 10.4. The van der Waals surface area contributed by atoms with Gasteiger partial charge in [-0.3, -0.25) is 4.98 Å². The zero-order chi connectivity index (χ0) is 13.0. The highest BCUT2D eigenvalue weighted by atomic mass is 16.5. The maximum atomic E-state index is 10.4. The van der Waals surface area contributed by atoms with Gasteiger partial charge < -0.3 is 19.3 Å². The van der Waals surface area contributed by atoms with E-state index < -0.39 is 5.60 Å². The third-order valence-corrected chi connectivity index (χ3v) is 2.96. The Bertz CT molecular complexity index is 402. The van der Waals surface area contributed by atoms with E-state index in [4.69, 9.17) is 14.2 Å². The highest BCUT2D eigenvalue weighted by Gasteiger charge is 2.36. The van der Waals surface area contributed by atoms with Gasteiger partial charge in [0, 0.05) is 38.0 Å². The molecule has 0 spiro atoms. The summed E-state index contributed by atoms with van der Waals surface area (Å²) in [7, 11) is 1.63. The van der Waals surface area contributed by atoms with Gasteiger partial charge in [0.25, 0.3) is 0 Å². The predicted molar refractivity (Wildman–Crippen MR) is 65.7 cm³/mol. The summed E-state index contributed by atoms with van der Waals surface area (Å²) in [5.41, 5.74) is 0.457. The molecule has 0 aromatic carbocycles. The minimum atomic E-state index is -0.981. The van der Waals surface area contributed by atoms with Crippen LogP contribution in [0.4, 0.5) is 0 Å². The molecule has 0 radical (unpaired) electrons. The van der Waals surface area contributed by atoms with Crippen LogP contribution in [0.1, 0.15) is 17.8 Å². The molecule has 1 N–H and O–H groups in total. The maximum Gasteiger partial charge on any atom is 0.132 e. The molecule has 18 heavy (non-hydrogen) atoms. The monoisotopic (exact) mass is 253 g/mol. The summed E-state index contributed by atoms with van der Waals surface area (Å²) in [4.78, 5) is 4.37. The number of nitrogens with zero attached hydrogens (tertiary/aromatic N) is 1. The van der Waals surface area contributed by atoms with E-state index in [9.17, 15) is 5.11 Å². The summed E-state index contributed by atoms with van der Waals surface area (Å²) in [6, 6.07) is 3.62. The van der Waals surface area contributed by atoms with Crippen LogP contribution in [0.15, 0.2) is 12.1 Å². The molecule has 5 nitrogen and oxygen atoms in total. The molecule has 1 unspecified atom stereocenters. The first kappa shape index (κ1) is 13.3. The number of aromatic nitrogens is 1. The van der Waals surface area contributed by atoms with Crippen molar-refractivity contribution in [1.82, 2.24) is 4.98 Å². The molecule has 1 atom stereocenters. The third kappa shape index (κ3) is 2.98. The van der Waals surface area contributed by atoms with Crippen LogP contribution < -0.4 is 4.74 Å². The number of hydrogen-bond donors (Lipinski definition) is 1. The molecule has 0 aliphatic carbocycles. The van der Waals surface area contributed by atoms with Crippen LogP contribution in [0.25, 0.3) is 0 Å². The van der Waals surface area contributed by atoms with E-state index in [1.807, 2.05) is 13.0 Å². The Morgan fingerprint density at radius 3 is 2.94 bits per heavy atom. The Morgan fingerprint density at radius 2 is 2.28 bits per heavy atom. The second-order valence-electron chi connectivity index (χ2n) is 4.50. The number of methoxy groups -OCH3 is 1. The molecule has 1 aromatic heterocycles. The van der Waals surface area contributed by atoms with Crippen LogP contribution in [0.3, 0.4) is 0 Å². The fourth-order valence-corrected chi connectivity index (χ4v) is 1.96. The Labute approximate surface area is 107 Å². The van der Waals surface area contributed by atoms with Gasteiger partial charge in [-0.15, -0.1) is 0 Å². The van der Waals surface area contributed by atoms with E-state index in [2.05, 4.69) is 4.98 Å². The first-order chi connectivity index (χ1) is 8.64. The van der Waals surface area contributed by atoms with Crippen molar-refractivity contribution in [2.24, 2.45) is 0 Å². The number of rotatable bonds is 5. The van der Waals surface area contributed by atoms with Gasteiger partial charge in [0.05, 0.1) is 18.9 Å². The van der Waals surface area contributed by atoms with Gasteiger partial charge in [-0.1, -0.05) is 0 Å². The normalized spacial score (nSPS) is 23.3. The Balaban J connectivity index is 2.15. The zero-order valence-corrected chi connectivity index (χ0v) is 10.8. The number of hydrogen-bond acceptors (Lipinski definition) is 5. The van der Waals surface area contributed by atoms with E-state index in [1.165, 1.54) is 0 Å². The SMILES string of the molecule is COCCOc1cc(C)nc(C2(O)CCOC2)c1. The molecule has 1 aromatic rings. The molecule has 2 rings (SSSR count). The minimum absolute atomic E-state index is 0.293. The van der Waals surface area contributed by atoms with E-state index in [0.29, 0.717) is 44.3 Å². The third-order valence-electron chi connectivity index (χ3n) is 2.96. The van der Waals surface area contributed by atoms with Gasteiger partial charge in [-0.25, -0.2) is 0 Å². The van der Waals surface area contributed by atoms with Crippen LogP contribution in [-0.2, 0) is 15.1 Å². The van der Waals surface area contributed by atoms with Crippen molar-refractivity contribution < 1.29 is 19.3 Å². The zero-order valence-electron chi connectivity index (χ0n) is 10.8. The Morgan fingerprint density at radius 1 is 1.44 bits per heavy atom. The molecule has 2 heterocycles. The maximum absolute atomic E-state index is 10.4. The molecule has 1 fully saturated rings. The number of aliphatic hydroxyl groups is 1. The Kier molecular flexibility index (Phi) is 4.16. The summed E-state index contributed by atoms with van der Waals surface area (Å²) in [5.74, 6) is 0.704. The molecule has 1 saturated heterocycles. The van der Waals surface area contributed by atoms with Gasteiger partial charge in [-0.05, 0) is 6.92 Å². The molecule has 0 saturated carbocycles. The molecular formula is C13H19NO4. The fourth-order valence-electron chi connectivity index (χ4n) is 1.96. The minimum Gasteiger partial charge on any atom is -0.491 e. The number of pyridine rings is 1. The second-order valence-corrected chi connectivity index (χ2v) is 4.50. The average Bonchev–Trinajstić information content (AvgIpc) is 2.77. The number of ether oxygens (including phenoxy) is 3. The molecule has 100 valence electrons. The molecule has 1 aliphatic rings. The lowest BCUT2D eigenvalue weighted by atomic mass is 9.98. The highest BCUT2D eigenvalue weighted by Crippen LogP contribution is 2.31. The summed E-state index contributed by atoms with van der Waals surface area (Å²) in [6.45, 7) is 3.75. The lowest BCUT2D eigenvalue weighted by Crippen LogP contribution is -2.27. The first-order valence-corrected chi connectivity index (χ1v) is 6.05. The molecule has 0 amide bonds. The molecule has 1 aliphatic heterocycles. The summed E-state index contributed by atoms with van der Waals surface area (Å²) in [6.07, 6.45) is 0.570. The van der Waals surface area contributed by atoms with Gasteiger partial charge in [-0.2, -0.15) is 0 Å². The second kappa shape index (κ2) is 5.65. The van der Waals surface area contributed by atoms with E-state index in [-0.39, 0.29) is 0 Å². The highest BCUT2D eigenvalue weighted by molar-refractivity contribution is 5.30. The summed E-state index contributed by atoms with van der Waals surface area (Å²) >= 11 is 0. The van der Waals surface area contributed by atoms with Crippen molar-refractivity contribution in [3.8, 4) is 5.75 Å². The molecule has 0 bridgehead atoms. The molecular weight excluding hydrogens is 234 g/mol. The molecule has 5 heteroatoms. The van der Waals surface area contributed by atoms with Crippen molar-refractivity contribution in [2.75, 3.05) is 33.5 Å². The van der Waals surface area contributed by atoms with Gasteiger partial charge in [0.15, 0.2) is 0 Å². The van der Waals surface area contributed by atoms with Crippen LogP contribution >= 0.6 is 0 Å². The predicted octanol–water partition coefficient (Wildman–Crippen LogP) is 1.02. The van der Waals surface area contributed by atoms with Crippen LogP contribution in [0.2, 0.25) is 0 Å². The van der Waals surface area contributed by atoms with Crippen LogP contribution in [-0.4, -0.2) is 43.6 Å². The van der Waals surface area contributed by atoms with Gasteiger partial charge in [0.1, 0.15) is 18.0 Å². The largest absolute Gasteiger partial charge is 0.491 e. The quantitative estimate of drug-likeness (QED) is 0.794. The van der Waals surface area contributed by atoms with E-state index in [0.717, 1.165) is 5.69 Å². The van der Waals surface area contributed by atoms with Crippen LogP contribution in [0, 0.1) is 6.92 Å². The number of aryl methyl sites for hydroxylation is 1. The van der Waals surface area contributed by atoms with E-state index in [1.54, 1.807) is 13.2 Å². The van der Waals surface area contributed by atoms with Crippen LogP contribution in [0.5, 0.6) is 5.75 Å². The van der Waals surface area contributed by atoms with Gasteiger partial charge in [0.2, 0.25) is 0 Å². The summed E-state index contributed by atoms with van der Waals surface area (Å²) < 4.78 is 15.7. The van der Waals surface area contributed by atoms with Crippen molar-refractivity contribution in [3.05, 3.63) is 23.5 Å². The average molecular weight is 253 g/mol. The van der Waals surface area contributed by atoms with Crippen molar-refractivity contribution in [1.29, 1.82) is 0 Å². The standard InChI is InChI=1S/C13H19NO4/c1-10-7-11(18-6-5-16-2)8-12(14-10)13(15)3-4-17-9-13/h7-8,15H,3-6,9H2,1-2H3.